The van der Waals surface area contributed by atoms with E-state index >= 15 is 0 Å². The van der Waals surface area contributed by atoms with Crippen LogP contribution in [-0.2, 0) is 0 Å². The third-order valence-corrected chi connectivity index (χ3v) is 10.9. The number of hydrogen-bond acceptors (Lipinski definition) is 2. The lowest BCUT2D eigenvalue weighted by atomic mass is 9.42. The van der Waals surface area contributed by atoms with E-state index in [1.165, 1.54) is 56.5 Å². The van der Waals surface area contributed by atoms with Crippen molar-refractivity contribution in [3.8, 4) is 0 Å². The molecule has 0 amide bonds. The molecule has 0 atom stereocenters. The van der Waals surface area contributed by atoms with Crippen LogP contribution in [-0.4, -0.2) is 15.6 Å². The molecule has 1 aliphatic heterocycles. The van der Waals surface area contributed by atoms with Gasteiger partial charge in [-0.1, -0.05) is 26.3 Å². The van der Waals surface area contributed by atoms with Gasteiger partial charge in [-0.15, -0.1) is 23.5 Å². The van der Waals surface area contributed by atoms with Crippen LogP contribution in [0.5, 0.6) is 0 Å². The first kappa shape index (κ1) is 15.0. The minimum Gasteiger partial charge on any atom is -0.139 e. The van der Waals surface area contributed by atoms with E-state index in [0.717, 1.165) is 0 Å². The van der Waals surface area contributed by atoms with Gasteiger partial charge in [-0.2, -0.15) is 0 Å². The lowest BCUT2D eigenvalue weighted by molar-refractivity contribution is -0.0407. The first-order chi connectivity index (χ1) is 9.81. The van der Waals surface area contributed by atoms with Gasteiger partial charge in [0.15, 0.2) is 0 Å². The van der Waals surface area contributed by atoms with Crippen LogP contribution in [0.1, 0.15) is 72.6 Å². The molecule has 0 unspecified atom stereocenters. The van der Waals surface area contributed by atoms with E-state index < -0.39 is 0 Å². The zero-order valence-electron chi connectivity index (χ0n) is 14.2. The first-order valence-corrected chi connectivity index (χ1v) is 10.8. The standard InChI is InChI=1S/C19H30S2/c1-16(2)6-5-14(18(4)20-11-12-21-18)15-13-17(3)7-9-19(15,16)10-8-17/h5-13H2,1-4H3. The fourth-order valence-electron chi connectivity index (χ4n) is 5.85. The number of allylic oxidation sites excluding steroid dienone is 1. The third kappa shape index (κ3) is 1.97. The van der Waals surface area contributed by atoms with E-state index in [1.54, 1.807) is 0 Å². The molecule has 0 aromatic carbocycles. The first-order valence-electron chi connectivity index (χ1n) is 8.81. The van der Waals surface area contributed by atoms with Gasteiger partial charge in [0.2, 0.25) is 0 Å². The molecule has 1 heterocycles. The average Bonchev–Trinajstić information content (AvgIpc) is 2.86. The molecule has 2 heteroatoms. The van der Waals surface area contributed by atoms with E-state index in [4.69, 9.17) is 0 Å². The van der Waals surface area contributed by atoms with Gasteiger partial charge in [-0.05, 0) is 73.7 Å². The molecule has 0 aromatic heterocycles. The Bertz CT molecular complexity index is 486. The lowest BCUT2D eigenvalue weighted by Gasteiger charge is -2.64. The molecular weight excluding hydrogens is 292 g/mol. The van der Waals surface area contributed by atoms with Gasteiger partial charge < -0.3 is 0 Å². The van der Waals surface area contributed by atoms with Gasteiger partial charge in [-0.3, -0.25) is 0 Å². The van der Waals surface area contributed by atoms with Crippen LogP contribution in [0.15, 0.2) is 11.1 Å². The van der Waals surface area contributed by atoms with E-state index in [9.17, 15) is 0 Å². The maximum absolute atomic E-state index is 2.58. The Morgan fingerprint density at radius 1 is 0.762 bits per heavy atom. The highest BCUT2D eigenvalue weighted by Crippen LogP contribution is 2.71. The van der Waals surface area contributed by atoms with Crippen LogP contribution in [0, 0.1) is 16.2 Å². The summed E-state index contributed by atoms with van der Waals surface area (Å²) in [7, 11) is 0. The number of hydrogen-bond donors (Lipinski definition) is 0. The Labute approximate surface area is 139 Å². The zero-order valence-corrected chi connectivity index (χ0v) is 15.8. The van der Waals surface area contributed by atoms with Crippen molar-refractivity contribution in [2.45, 2.75) is 76.7 Å². The van der Waals surface area contributed by atoms with Crippen molar-refractivity contribution in [1.82, 2.24) is 0 Å². The quantitative estimate of drug-likeness (QED) is 0.522. The van der Waals surface area contributed by atoms with Crippen molar-refractivity contribution in [3.63, 3.8) is 0 Å². The van der Waals surface area contributed by atoms with Crippen molar-refractivity contribution >= 4 is 23.5 Å². The molecule has 0 N–H and O–H groups in total. The summed E-state index contributed by atoms with van der Waals surface area (Å²) in [5.74, 6) is 2.71. The van der Waals surface area contributed by atoms with Crippen LogP contribution in [0.4, 0.5) is 0 Å². The summed E-state index contributed by atoms with van der Waals surface area (Å²) in [6, 6.07) is 0. The van der Waals surface area contributed by atoms with Crippen molar-refractivity contribution in [3.05, 3.63) is 11.1 Å². The molecule has 0 nitrogen and oxygen atoms in total. The normalized spacial score (nSPS) is 44.0. The van der Waals surface area contributed by atoms with E-state index in [0.29, 0.717) is 20.3 Å². The Balaban J connectivity index is 1.86. The summed E-state index contributed by atoms with van der Waals surface area (Å²) in [4.78, 5) is 0. The minimum atomic E-state index is 0.409. The molecule has 118 valence electrons. The molecule has 5 aliphatic rings. The summed E-state index contributed by atoms with van der Waals surface area (Å²) < 4.78 is 0.409. The molecule has 1 saturated heterocycles. The smallest absolute Gasteiger partial charge is 0.0795 e. The SMILES string of the molecule is CC12CCC3(CC1)C(=C(C1(C)SCCS1)CCC3(C)C)C2. The average molecular weight is 323 g/mol. The highest BCUT2D eigenvalue weighted by molar-refractivity contribution is 8.21. The monoisotopic (exact) mass is 322 g/mol. The second kappa shape index (κ2) is 4.50. The maximum atomic E-state index is 2.58. The van der Waals surface area contributed by atoms with Crippen LogP contribution < -0.4 is 0 Å². The number of rotatable bonds is 1. The second-order valence-electron chi connectivity index (χ2n) is 9.05. The molecule has 1 spiro atoms. The number of fused-ring (bicyclic) bond motifs is 2. The van der Waals surface area contributed by atoms with Gasteiger partial charge in [0.05, 0.1) is 4.08 Å². The molecule has 3 saturated carbocycles. The molecule has 21 heavy (non-hydrogen) atoms. The van der Waals surface area contributed by atoms with Gasteiger partial charge in [0.25, 0.3) is 0 Å². The summed E-state index contributed by atoms with van der Waals surface area (Å²) in [6.45, 7) is 10.3. The minimum absolute atomic E-state index is 0.409. The highest BCUT2D eigenvalue weighted by Gasteiger charge is 2.59. The van der Waals surface area contributed by atoms with Crippen molar-refractivity contribution in [2.24, 2.45) is 16.2 Å². The topological polar surface area (TPSA) is 0 Å². The fourth-order valence-corrected chi connectivity index (χ4v) is 8.93. The Morgan fingerprint density at radius 2 is 1.38 bits per heavy atom. The van der Waals surface area contributed by atoms with Crippen molar-refractivity contribution < 1.29 is 0 Å². The van der Waals surface area contributed by atoms with Gasteiger partial charge in [0, 0.05) is 11.5 Å². The molecule has 0 aromatic rings. The fraction of sp³-hybridized carbons (Fsp3) is 0.895. The molecule has 4 aliphatic carbocycles. The van der Waals surface area contributed by atoms with Crippen LogP contribution in [0.2, 0.25) is 0 Å². The Kier molecular flexibility index (Phi) is 3.21. The van der Waals surface area contributed by atoms with E-state index in [2.05, 4.69) is 51.2 Å². The van der Waals surface area contributed by atoms with Gasteiger partial charge >= 0.3 is 0 Å². The molecule has 5 rings (SSSR count). The van der Waals surface area contributed by atoms with Crippen molar-refractivity contribution in [1.29, 1.82) is 0 Å². The third-order valence-electron chi connectivity index (χ3n) is 7.54. The second-order valence-corrected chi connectivity index (χ2v) is 12.3. The molecule has 0 radical (unpaired) electrons. The molecule has 4 fully saturated rings. The Hall–Kier alpha value is 0.440. The zero-order chi connectivity index (χ0) is 14.9. The summed E-state index contributed by atoms with van der Waals surface area (Å²) in [5, 5.41) is 0. The molecular formula is C19H30S2. The van der Waals surface area contributed by atoms with Gasteiger partial charge in [-0.25, -0.2) is 0 Å². The maximum Gasteiger partial charge on any atom is 0.0795 e. The van der Waals surface area contributed by atoms with E-state index in [1.807, 2.05) is 11.1 Å². The highest BCUT2D eigenvalue weighted by atomic mass is 32.2. The van der Waals surface area contributed by atoms with Crippen LogP contribution >= 0.6 is 23.5 Å². The van der Waals surface area contributed by atoms with Crippen LogP contribution in [0.25, 0.3) is 0 Å². The van der Waals surface area contributed by atoms with E-state index in [-0.39, 0.29) is 0 Å². The predicted octanol–water partition coefficient (Wildman–Crippen LogP) is 6.27. The number of thioether (sulfide) groups is 2. The largest absolute Gasteiger partial charge is 0.139 e. The Morgan fingerprint density at radius 3 is 2.00 bits per heavy atom. The van der Waals surface area contributed by atoms with Crippen molar-refractivity contribution in [2.75, 3.05) is 11.5 Å². The lowest BCUT2D eigenvalue weighted by Crippen LogP contribution is -2.53. The summed E-state index contributed by atoms with van der Waals surface area (Å²) in [6.07, 6.45) is 10.1. The van der Waals surface area contributed by atoms with Crippen LogP contribution in [0.3, 0.4) is 0 Å². The molecule has 2 bridgehead atoms. The van der Waals surface area contributed by atoms with Gasteiger partial charge in [0.1, 0.15) is 0 Å². The predicted molar refractivity (Wildman–Crippen MR) is 97.0 cm³/mol. The summed E-state index contributed by atoms with van der Waals surface area (Å²) in [5.41, 5.74) is 5.55. The summed E-state index contributed by atoms with van der Waals surface area (Å²) >= 11 is 4.47.